The minimum Gasteiger partial charge on any atom is -0.481 e. The molecule has 1 aliphatic carbocycles. The fourth-order valence-corrected chi connectivity index (χ4v) is 3.03. The van der Waals surface area contributed by atoms with Gasteiger partial charge in [0.15, 0.2) is 0 Å². The molecule has 0 saturated heterocycles. The van der Waals surface area contributed by atoms with E-state index in [2.05, 4.69) is 5.32 Å². The molecule has 1 fully saturated rings. The summed E-state index contributed by atoms with van der Waals surface area (Å²) in [5, 5.41) is 12.1. The van der Waals surface area contributed by atoms with E-state index in [1.165, 1.54) is 0 Å². The Labute approximate surface area is 119 Å². The number of benzene rings is 1. The third kappa shape index (κ3) is 3.00. The van der Waals surface area contributed by atoms with Crippen LogP contribution in [-0.4, -0.2) is 17.0 Å². The molecule has 2 N–H and O–H groups in total. The van der Waals surface area contributed by atoms with E-state index in [-0.39, 0.29) is 11.8 Å². The molecule has 108 valence electrons. The van der Waals surface area contributed by atoms with Crippen LogP contribution in [0.1, 0.15) is 32.3 Å². The highest BCUT2D eigenvalue weighted by molar-refractivity contribution is 5.96. The van der Waals surface area contributed by atoms with E-state index in [4.69, 9.17) is 0 Å². The first kappa shape index (κ1) is 14.6. The van der Waals surface area contributed by atoms with Crippen LogP contribution < -0.4 is 5.32 Å². The van der Waals surface area contributed by atoms with Crippen molar-refractivity contribution >= 4 is 17.6 Å². The van der Waals surface area contributed by atoms with E-state index in [1.54, 1.807) is 0 Å². The largest absolute Gasteiger partial charge is 0.481 e. The number of carboxylic acid groups (broad SMARTS) is 1. The van der Waals surface area contributed by atoms with Gasteiger partial charge in [-0.2, -0.15) is 0 Å². The summed E-state index contributed by atoms with van der Waals surface area (Å²) in [5.41, 5.74) is 1.86. The lowest BCUT2D eigenvalue weighted by Crippen LogP contribution is -2.30. The van der Waals surface area contributed by atoms with E-state index in [9.17, 15) is 14.7 Å². The number of nitrogens with one attached hydrogen (secondary N) is 1. The summed E-state index contributed by atoms with van der Waals surface area (Å²) in [6.07, 6.45) is 2.07. The van der Waals surface area contributed by atoms with E-state index in [0.717, 1.165) is 17.7 Å². The number of para-hydroxylation sites is 1. The number of hydrogen-bond donors (Lipinski definition) is 2. The number of rotatable bonds is 4. The number of aryl methyl sites for hydroxylation is 1. The molecule has 1 aromatic rings. The van der Waals surface area contributed by atoms with Crippen LogP contribution in [-0.2, 0) is 16.0 Å². The Morgan fingerprint density at radius 3 is 2.55 bits per heavy atom. The monoisotopic (exact) mass is 275 g/mol. The number of amides is 1. The summed E-state index contributed by atoms with van der Waals surface area (Å²) >= 11 is 0. The Balaban J connectivity index is 2.13. The lowest BCUT2D eigenvalue weighted by Gasteiger charge is -2.17. The van der Waals surface area contributed by atoms with Crippen molar-refractivity contribution in [1.29, 1.82) is 0 Å². The zero-order valence-electron chi connectivity index (χ0n) is 11.9. The molecule has 0 heterocycles. The molecule has 0 aliphatic heterocycles. The number of carbonyl (C=O) groups is 2. The smallest absolute Gasteiger partial charge is 0.307 e. The van der Waals surface area contributed by atoms with Gasteiger partial charge in [0.2, 0.25) is 5.91 Å². The Bertz CT molecular complexity index is 512. The van der Waals surface area contributed by atoms with Crippen LogP contribution in [0.15, 0.2) is 24.3 Å². The Morgan fingerprint density at radius 2 is 1.90 bits per heavy atom. The van der Waals surface area contributed by atoms with Gasteiger partial charge in [-0.05, 0) is 36.8 Å². The van der Waals surface area contributed by atoms with Gasteiger partial charge in [-0.25, -0.2) is 0 Å². The fourth-order valence-electron chi connectivity index (χ4n) is 3.03. The van der Waals surface area contributed by atoms with Gasteiger partial charge in [-0.15, -0.1) is 0 Å². The van der Waals surface area contributed by atoms with Crippen LogP contribution in [0.3, 0.4) is 0 Å². The van der Waals surface area contributed by atoms with Crippen LogP contribution in [0.2, 0.25) is 0 Å². The standard InChI is InChI=1S/C16H21NO3/c1-3-11-6-4-5-7-14(11)17-15(18)12-8-10(2)9-13(12)16(19)20/h4-7,10,12-13H,3,8-9H2,1-2H3,(H,17,18)(H,19,20). The highest BCUT2D eigenvalue weighted by atomic mass is 16.4. The number of carboxylic acids is 1. The second kappa shape index (κ2) is 6.07. The molecule has 0 spiro atoms. The maximum atomic E-state index is 12.4. The SMILES string of the molecule is CCc1ccccc1NC(=O)C1CC(C)CC1C(=O)O. The van der Waals surface area contributed by atoms with Gasteiger partial charge >= 0.3 is 5.97 Å². The predicted octanol–water partition coefficient (Wildman–Crippen LogP) is 2.93. The lowest BCUT2D eigenvalue weighted by molar-refractivity contribution is -0.145. The molecule has 2 rings (SSSR count). The van der Waals surface area contributed by atoms with Crippen molar-refractivity contribution in [3.63, 3.8) is 0 Å². The molecule has 0 bridgehead atoms. The predicted molar refractivity (Wildman–Crippen MR) is 77.5 cm³/mol. The summed E-state index contributed by atoms with van der Waals surface area (Å²) in [4.78, 5) is 23.6. The molecule has 1 amide bonds. The molecule has 20 heavy (non-hydrogen) atoms. The van der Waals surface area contributed by atoms with E-state index >= 15 is 0 Å². The van der Waals surface area contributed by atoms with Gasteiger partial charge in [-0.3, -0.25) is 9.59 Å². The average molecular weight is 275 g/mol. The first-order chi connectivity index (χ1) is 9.52. The number of hydrogen-bond acceptors (Lipinski definition) is 2. The number of aliphatic carboxylic acids is 1. The summed E-state index contributed by atoms with van der Waals surface area (Å²) in [7, 11) is 0. The molecular weight excluding hydrogens is 254 g/mol. The summed E-state index contributed by atoms with van der Waals surface area (Å²) in [6, 6.07) is 7.65. The lowest BCUT2D eigenvalue weighted by atomic mass is 9.95. The fraction of sp³-hybridized carbons (Fsp3) is 0.500. The second-order valence-corrected chi connectivity index (χ2v) is 5.63. The van der Waals surface area contributed by atoms with Crippen molar-refractivity contribution in [1.82, 2.24) is 0 Å². The van der Waals surface area contributed by atoms with Gasteiger partial charge in [0.25, 0.3) is 0 Å². The second-order valence-electron chi connectivity index (χ2n) is 5.63. The maximum Gasteiger partial charge on any atom is 0.307 e. The van der Waals surface area contributed by atoms with E-state index in [1.807, 2.05) is 38.1 Å². The normalized spacial score (nSPS) is 25.4. The Kier molecular flexibility index (Phi) is 4.42. The molecule has 0 radical (unpaired) electrons. The van der Waals surface area contributed by atoms with Gasteiger partial charge in [0.05, 0.1) is 11.8 Å². The molecule has 3 unspecified atom stereocenters. The van der Waals surface area contributed by atoms with Gasteiger partial charge < -0.3 is 10.4 Å². The van der Waals surface area contributed by atoms with Crippen molar-refractivity contribution in [3.05, 3.63) is 29.8 Å². The molecule has 1 aliphatic rings. The van der Waals surface area contributed by atoms with E-state index < -0.39 is 17.8 Å². The summed E-state index contributed by atoms with van der Waals surface area (Å²) < 4.78 is 0. The first-order valence-electron chi connectivity index (χ1n) is 7.14. The Morgan fingerprint density at radius 1 is 1.25 bits per heavy atom. The van der Waals surface area contributed by atoms with Crippen molar-refractivity contribution in [3.8, 4) is 0 Å². The maximum absolute atomic E-state index is 12.4. The molecule has 1 saturated carbocycles. The average Bonchev–Trinajstić information content (AvgIpc) is 2.82. The molecule has 3 atom stereocenters. The molecule has 4 heteroatoms. The van der Waals surface area contributed by atoms with Crippen LogP contribution in [0.4, 0.5) is 5.69 Å². The van der Waals surface area contributed by atoms with Crippen molar-refractivity contribution in [2.75, 3.05) is 5.32 Å². The zero-order valence-corrected chi connectivity index (χ0v) is 11.9. The van der Waals surface area contributed by atoms with Gasteiger partial charge in [0.1, 0.15) is 0 Å². The van der Waals surface area contributed by atoms with Crippen molar-refractivity contribution < 1.29 is 14.7 Å². The van der Waals surface area contributed by atoms with Crippen molar-refractivity contribution in [2.24, 2.45) is 17.8 Å². The highest BCUT2D eigenvalue weighted by Gasteiger charge is 2.41. The van der Waals surface area contributed by atoms with Crippen molar-refractivity contribution in [2.45, 2.75) is 33.1 Å². The van der Waals surface area contributed by atoms with Gasteiger partial charge in [0, 0.05) is 5.69 Å². The van der Waals surface area contributed by atoms with Crippen LogP contribution in [0.5, 0.6) is 0 Å². The quantitative estimate of drug-likeness (QED) is 0.887. The van der Waals surface area contributed by atoms with Crippen LogP contribution in [0.25, 0.3) is 0 Å². The third-order valence-corrected chi connectivity index (χ3v) is 4.11. The Hall–Kier alpha value is -1.84. The summed E-state index contributed by atoms with van der Waals surface area (Å²) in [5.74, 6) is -1.72. The minimum absolute atomic E-state index is 0.164. The minimum atomic E-state index is -0.863. The van der Waals surface area contributed by atoms with E-state index in [0.29, 0.717) is 12.8 Å². The number of carbonyl (C=O) groups excluding carboxylic acids is 1. The molecule has 4 nitrogen and oxygen atoms in total. The van der Waals surface area contributed by atoms with Gasteiger partial charge in [-0.1, -0.05) is 32.0 Å². The summed E-state index contributed by atoms with van der Waals surface area (Å²) in [6.45, 7) is 4.03. The molecule has 0 aromatic heterocycles. The van der Waals surface area contributed by atoms with Crippen LogP contribution >= 0.6 is 0 Å². The topological polar surface area (TPSA) is 66.4 Å². The van der Waals surface area contributed by atoms with Crippen LogP contribution in [0, 0.1) is 17.8 Å². The highest BCUT2D eigenvalue weighted by Crippen LogP contribution is 2.37. The molecule has 1 aromatic carbocycles. The molecular formula is C16H21NO3. The first-order valence-corrected chi connectivity index (χ1v) is 7.14. The number of anilines is 1. The zero-order chi connectivity index (χ0) is 14.7. The third-order valence-electron chi connectivity index (χ3n) is 4.11.